The number of rotatable bonds is 5. The van der Waals surface area contributed by atoms with E-state index in [0.29, 0.717) is 0 Å². The maximum atomic E-state index is 6.48. The molecule has 34 heavy (non-hydrogen) atoms. The van der Waals surface area contributed by atoms with Crippen LogP contribution in [-0.4, -0.2) is 11.2 Å². The van der Waals surface area contributed by atoms with Gasteiger partial charge in [0.05, 0.1) is 16.4 Å². The number of fused-ring (bicyclic) bond motifs is 2. The molecule has 0 saturated carbocycles. The molecule has 5 heteroatoms. The quantitative estimate of drug-likeness (QED) is 0.221. The standard InChI is InChI=1S/C29H21N3OS/c1-3-11-20(12-4-1)27-22-15-7-9-17-25(22)33-28(21-13-5-2-6-14-21)23(27)19-30-32-29-31-24-16-8-10-18-26(24)34-29/h1-19,27H,(H,31,32)/t27-/m0/s1. The van der Waals surface area contributed by atoms with Crippen LogP contribution in [0.15, 0.2) is 120 Å². The van der Waals surface area contributed by atoms with Crippen molar-refractivity contribution in [1.29, 1.82) is 0 Å². The van der Waals surface area contributed by atoms with Gasteiger partial charge in [-0.2, -0.15) is 5.10 Å². The van der Waals surface area contributed by atoms with Crippen LogP contribution in [0.5, 0.6) is 5.75 Å². The van der Waals surface area contributed by atoms with Gasteiger partial charge in [0.2, 0.25) is 5.13 Å². The Balaban J connectivity index is 1.46. The Hall–Kier alpha value is -4.22. The Morgan fingerprint density at radius 2 is 1.50 bits per heavy atom. The molecule has 0 spiro atoms. The first kappa shape index (κ1) is 20.4. The Morgan fingerprint density at radius 1 is 0.794 bits per heavy atom. The van der Waals surface area contributed by atoms with Gasteiger partial charge in [0.25, 0.3) is 0 Å². The van der Waals surface area contributed by atoms with E-state index >= 15 is 0 Å². The summed E-state index contributed by atoms with van der Waals surface area (Å²) in [6.07, 6.45) is 1.88. The molecule has 1 atom stereocenters. The summed E-state index contributed by atoms with van der Waals surface area (Å²) in [4.78, 5) is 4.63. The highest BCUT2D eigenvalue weighted by Crippen LogP contribution is 2.45. The number of thiazole rings is 1. The molecule has 2 heterocycles. The summed E-state index contributed by atoms with van der Waals surface area (Å²) in [5.74, 6) is 1.66. The topological polar surface area (TPSA) is 46.5 Å². The Bertz CT molecular complexity index is 1470. The summed E-state index contributed by atoms with van der Waals surface area (Å²) in [5.41, 5.74) is 8.41. The molecule has 164 valence electrons. The van der Waals surface area contributed by atoms with Crippen LogP contribution in [0.2, 0.25) is 0 Å². The van der Waals surface area contributed by atoms with Crippen LogP contribution in [0, 0.1) is 0 Å². The van der Waals surface area contributed by atoms with Gasteiger partial charge in [-0.3, -0.25) is 5.43 Å². The summed E-state index contributed by atoms with van der Waals surface area (Å²) in [5, 5.41) is 5.38. The Kier molecular flexibility index (Phi) is 5.38. The molecule has 1 aliphatic rings. The number of aromatic nitrogens is 1. The van der Waals surface area contributed by atoms with Crippen molar-refractivity contribution >= 4 is 38.7 Å². The van der Waals surface area contributed by atoms with Gasteiger partial charge < -0.3 is 4.74 Å². The van der Waals surface area contributed by atoms with Crippen LogP contribution in [0.3, 0.4) is 0 Å². The molecule has 0 aliphatic carbocycles. The van der Waals surface area contributed by atoms with Gasteiger partial charge in [-0.25, -0.2) is 4.98 Å². The molecule has 1 aliphatic heterocycles. The lowest BCUT2D eigenvalue weighted by molar-refractivity contribution is 0.489. The van der Waals surface area contributed by atoms with Crippen LogP contribution < -0.4 is 10.2 Å². The smallest absolute Gasteiger partial charge is 0.204 e. The molecule has 6 rings (SSSR count). The summed E-state index contributed by atoms with van der Waals surface area (Å²) in [7, 11) is 0. The van der Waals surface area contributed by atoms with Crippen molar-refractivity contribution < 1.29 is 4.74 Å². The number of para-hydroxylation sites is 2. The number of benzene rings is 4. The highest BCUT2D eigenvalue weighted by molar-refractivity contribution is 7.22. The second-order valence-electron chi connectivity index (χ2n) is 7.99. The van der Waals surface area contributed by atoms with Gasteiger partial charge in [0.1, 0.15) is 11.5 Å². The Morgan fingerprint density at radius 3 is 2.32 bits per heavy atom. The minimum atomic E-state index is -0.0118. The zero-order chi connectivity index (χ0) is 22.7. The fourth-order valence-electron chi connectivity index (χ4n) is 4.31. The van der Waals surface area contributed by atoms with Crippen molar-refractivity contribution in [2.24, 2.45) is 5.10 Å². The van der Waals surface area contributed by atoms with E-state index in [1.54, 1.807) is 11.3 Å². The van der Waals surface area contributed by atoms with E-state index in [1.165, 1.54) is 5.56 Å². The first-order valence-electron chi connectivity index (χ1n) is 11.1. The summed E-state index contributed by atoms with van der Waals surface area (Å²) in [6.45, 7) is 0. The average Bonchev–Trinajstić information content (AvgIpc) is 3.32. The average molecular weight is 460 g/mol. The van der Waals surface area contributed by atoms with Crippen molar-refractivity contribution in [1.82, 2.24) is 4.98 Å². The van der Waals surface area contributed by atoms with E-state index in [-0.39, 0.29) is 5.92 Å². The highest BCUT2D eigenvalue weighted by Gasteiger charge is 2.30. The molecule has 1 aromatic heterocycles. The van der Waals surface area contributed by atoms with E-state index < -0.39 is 0 Å². The fourth-order valence-corrected chi connectivity index (χ4v) is 5.12. The lowest BCUT2D eigenvalue weighted by atomic mass is 9.82. The number of nitrogens with zero attached hydrogens (tertiary/aromatic N) is 2. The molecule has 0 unspecified atom stereocenters. The molecule has 4 aromatic carbocycles. The molecular weight excluding hydrogens is 438 g/mol. The summed E-state index contributed by atoms with van der Waals surface area (Å²) >= 11 is 1.58. The lowest BCUT2D eigenvalue weighted by Gasteiger charge is -2.29. The molecule has 0 radical (unpaired) electrons. The third kappa shape index (κ3) is 3.87. The predicted molar refractivity (Wildman–Crippen MR) is 140 cm³/mol. The zero-order valence-corrected chi connectivity index (χ0v) is 19.1. The van der Waals surface area contributed by atoms with E-state index in [9.17, 15) is 0 Å². The van der Waals surface area contributed by atoms with Crippen molar-refractivity contribution in [3.63, 3.8) is 0 Å². The van der Waals surface area contributed by atoms with E-state index in [4.69, 9.17) is 4.74 Å². The molecule has 0 amide bonds. The number of hydrogen-bond donors (Lipinski definition) is 1. The highest BCUT2D eigenvalue weighted by atomic mass is 32.1. The maximum Gasteiger partial charge on any atom is 0.204 e. The molecule has 1 N–H and O–H groups in total. The molecule has 5 aromatic rings. The maximum absolute atomic E-state index is 6.48. The minimum absolute atomic E-state index is 0.0118. The normalized spacial score (nSPS) is 15.4. The van der Waals surface area contributed by atoms with E-state index in [2.05, 4.69) is 70.1 Å². The van der Waals surface area contributed by atoms with Crippen LogP contribution in [0.1, 0.15) is 22.6 Å². The second-order valence-corrected chi connectivity index (χ2v) is 9.02. The number of allylic oxidation sites excluding steroid dienone is 1. The molecule has 0 fully saturated rings. The molecule has 4 nitrogen and oxygen atoms in total. The SMILES string of the molecule is C(=NNc1nc2ccccc2s1)C1=C(c2ccccc2)Oc2ccccc2[C@@H]1c1ccccc1. The van der Waals surface area contributed by atoms with Crippen LogP contribution >= 0.6 is 11.3 Å². The summed E-state index contributed by atoms with van der Waals surface area (Å²) < 4.78 is 7.61. The number of nitrogens with one attached hydrogen (secondary N) is 1. The van der Waals surface area contributed by atoms with Crippen molar-refractivity contribution in [2.75, 3.05) is 5.43 Å². The molecule has 0 bridgehead atoms. The first-order valence-corrected chi connectivity index (χ1v) is 11.9. The van der Waals surface area contributed by atoms with Crippen molar-refractivity contribution in [3.8, 4) is 5.75 Å². The van der Waals surface area contributed by atoms with Gasteiger partial charge in [-0.05, 0) is 23.8 Å². The third-order valence-corrected chi connectivity index (χ3v) is 6.78. The van der Waals surface area contributed by atoms with Gasteiger partial charge in [-0.1, -0.05) is 102 Å². The number of hydrazone groups is 1. The van der Waals surface area contributed by atoms with Crippen molar-refractivity contribution in [3.05, 3.63) is 131 Å². The molecular formula is C29H21N3OS. The van der Waals surface area contributed by atoms with Crippen LogP contribution in [0.4, 0.5) is 5.13 Å². The predicted octanol–water partition coefficient (Wildman–Crippen LogP) is 7.33. The third-order valence-electron chi connectivity index (χ3n) is 5.84. The monoisotopic (exact) mass is 459 g/mol. The first-order chi connectivity index (χ1) is 16.9. The van der Waals surface area contributed by atoms with E-state index in [1.807, 2.05) is 60.8 Å². The van der Waals surface area contributed by atoms with Gasteiger partial charge >= 0.3 is 0 Å². The lowest BCUT2D eigenvalue weighted by Crippen LogP contribution is -2.17. The van der Waals surface area contributed by atoms with Crippen LogP contribution in [0.25, 0.3) is 16.0 Å². The van der Waals surface area contributed by atoms with Gasteiger partial charge in [0.15, 0.2) is 0 Å². The van der Waals surface area contributed by atoms with Crippen LogP contribution in [-0.2, 0) is 0 Å². The summed E-state index contributed by atoms with van der Waals surface area (Å²) in [6, 6.07) is 37.0. The second kappa shape index (κ2) is 8.96. The zero-order valence-electron chi connectivity index (χ0n) is 18.3. The minimum Gasteiger partial charge on any atom is -0.456 e. The molecule has 0 saturated heterocycles. The van der Waals surface area contributed by atoms with E-state index in [0.717, 1.165) is 43.6 Å². The van der Waals surface area contributed by atoms with Crippen molar-refractivity contribution in [2.45, 2.75) is 5.92 Å². The largest absolute Gasteiger partial charge is 0.456 e. The number of hydrogen-bond acceptors (Lipinski definition) is 5. The Labute approximate surface area is 201 Å². The number of ether oxygens (including phenoxy) is 1. The number of anilines is 1. The van der Waals surface area contributed by atoms with Gasteiger partial charge in [0, 0.05) is 22.6 Å². The van der Waals surface area contributed by atoms with Gasteiger partial charge in [-0.15, -0.1) is 0 Å². The fraction of sp³-hybridized carbons (Fsp3) is 0.0345.